The molecule has 0 unspecified atom stereocenters. The maximum absolute atomic E-state index is 11.6. The maximum atomic E-state index is 11.6. The number of nitrogens with one attached hydrogen (secondary N) is 1. The molecule has 1 aliphatic rings. The van der Waals surface area contributed by atoms with Crippen LogP contribution in [0, 0.1) is 0 Å². The van der Waals surface area contributed by atoms with Crippen molar-refractivity contribution in [2.75, 3.05) is 5.73 Å². The molecular weight excluding hydrogens is 316 g/mol. The van der Waals surface area contributed by atoms with E-state index in [2.05, 4.69) is 26.1 Å². The zero-order chi connectivity index (χ0) is 12.7. The van der Waals surface area contributed by atoms with Crippen molar-refractivity contribution >= 4 is 33.4 Å². The number of hydrogen-bond acceptors (Lipinski definition) is 4. The number of hydrogen-bond donors (Lipinski definition) is 2. The van der Waals surface area contributed by atoms with Crippen LogP contribution in [-0.2, 0) is 0 Å². The number of nitrogens with two attached hydrogens (primary N) is 1. The highest BCUT2D eigenvalue weighted by Crippen LogP contribution is 2.39. The van der Waals surface area contributed by atoms with E-state index in [0.29, 0.717) is 16.9 Å². The van der Waals surface area contributed by atoms with E-state index < -0.39 is 0 Å². The van der Waals surface area contributed by atoms with Gasteiger partial charge in [0, 0.05) is 21.1 Å². The van der Waals surface area contributed by atoms with E-state index in [1.54, 1.807) is 4.57 Å². The topological polar surface area (TPSA) is 76.7 Å². The molecule has 18 heavy (non-hydrogen) atoms. The van der Waals surface area contributed by atoms with E-state index in [4.69, 9.17) is 5.73 Å². The molecule has 0 bridgehead atoms. The first-order valence-corrected chi connectivity index (χ1v) is 7.16. The van der Waals surface area contributed by atoms with Crippen LogP contribution in [0.3, 0.4) is 0 Å². The Morgan fingerprint density at radius 3 is 2.94 bits per heavy atom. The van der Waals surface area contributed by atoms with Crippen LogP contribution in [-0.4, -0.2) is 14.8 Å². The quantitative estimate of drug-likeness (QED) is 0.849. The number of nitrogens with zero attached hydrogens (tertiary/aromatic N) is 2. The molecule has 0 saturated heterocycles. The molecule has 1 fully saturated rings. The SMILES string of the molecule is Nc1cc(Br)ccc1Sc1n[nH]c(=O)n1C1CC1. The van der Waals surface area contributed by atoms with Gasteiger partial charge in [-0.1, -0.05) is 15.9 Å². The van der Waals surface area contributed by atoms with Crippen molar-refractivity contribution in [1.82, 2.24) is 14.8 Å². The zero-order valence-electron chi connectivity index (χ0n) is 9.39. The minimum atomic E-state index is -0.143. The van der Waals surface area contributed by atoms with E-state index in [-0.39, 0.29) is 5.69 Å². The summed E-state index contributed by atoms with van der Waals surface area (Å²) < 4.78 is 2.65. The second kappa shape index (κ2) is 4.47. The number of rotatable bonds is 3. The summed E-state index contributed by atoms with van der Waals surface area (Å²) in [6.45, 7) is 0. The molecule has 7 heteroatoms. The van der Waals surface area contributed by atoms with Gasteiger partial charge >= 0.3 is 5.69 Å². The average Bonchev–Trinajstić information content (AvgIpc) is 3.08. The van der Waals surface area contributed by atoms with Crippen molar-refractivity contribution in [2.45, 2.75) is 28.9 Å². The molecule has 5 nitrogen and oxygen atoms in total. The second-order valence-corrected chi connectivity index (χ2v) is 6.12. The van der Waals surface area contributed by atoms with Crippen LogP contribution >= 0.6 is 27.7 Å². The summed E-state index contributed by atoms with van der Waals surface area (Å²) in [5, 5.41) is 7.23. The van der Waals surface area contributed by atoms with Gasteiger partial charge in [0.05, 0.1) is 0 Å². The van der Waals surface area contributed by atoms with Gasteiger partial charge in [-0.05, 0) is 42.8 Å². The summed E-state index contributed by atoms with van der Waals surface area (Å²) in [5.74, 6) is 0. The van der Waals surface area contributed by atoms with E-state index in [9.17, 15) is 4.79 Å². The third kappa shape index (κ3) is 2.20. The molecular formula is C11H11BrN4OS. The molecule has 1 aromatic heterocycles. The van der Waals surface area contributed by atoms with Gasteiger partial charge in [0.25, 0.3) is 0 Å². The van der Waals surface area contributed by atoms with Crippen molar-refractivity contribution in [3.8, 4) is 0 Å². The molecule has 0 radical (unpaired) electrons. The summed E-state index contributed by atoms with van der Waals surface area (Å²) >= 11 is 4.78. The summed E-state index contributed by atoms with van der Waals surface area (Å²) in [6.07, 6.45) is 2.09. The normalized spacial score (nSPS) is 14.9. The largest absolute Gasteiger partial charge is 0.398 e. The molecule has 1 aromatic carbocycles. The smallest absolute Gasteiger partial charge is 0.344 e. The fourth-order valence-electron chi connectivity index (χ4n) is 1.73. The first-order chi connectivity index (χ1) is 8.65. The first kappa shape index (κ1) is 11.9. The number of nitrogen functional groups attached to an aromatic ring is 1. The van der Waals surface area contributed by atoms with Gasteiger partial charge in [-0.15, -0.1) is 5.10 Å². The monoisotopic (exact) mass is 326 g/mol. The van der Waals surface area contributed by atoms with E-state index in [0.717, 1.165) is 22.2 Å². The van der Waals surface area contributed by atoms with Gasteiger partial charge in [0.2, 0.25) is 0 Å². The molecule has 0 amide bonds. The van der Waals surface area contributed by atoms with Crippen LogP contribution in [0.25, 0.3) is 0 Å². The van der Waals surface area contributed by atoms with Crippen LogP contribution in [0.1, 0.15) is 18.9 Å². The lowest BCUT2D eigenvalue weighted by atomic mass is 10.3. The summed E-state index contributed by atoms with van der Waals surface area (Å²) in [5.41, 5.74) is 6.47. The van der Waals surface area contributed by atoms with Crippen LogP contribution in [0.2, 0.25) is 0 Å². The molecule has 3 N–H and O–H groups in total. The Hall–Kier alpha value is -1.21. The van der Waals surface area contributed by atoms with Crippen molar-refractivity contribution in [1.29, 1.82) is 0 Å². The Bertz CT molecular complexity index is 647. The van der Waals surface area contributed by atoms with Crippen LogP contribution in [0.5, 0.6) is 0 Å². The molecule has 0 aliphatic heterocycles. The molecule has 1 aliphatic carbocycles. The van der Waals surface area contributed by atoms with Crippen LogP contribution in [0.15, 0.2) is 37.5 Å². The highest BCUT2D eigenvalue weighted by atomic mass is 79.9. The highest BCUT2D eigenvalue weighted by Gasteiger charge is 2.28. The highest BCUT2D eigenvalue weighted by molar-refractivity contribution is 9.10. The van der Waals surface area contributed by atoms with Crippen molar-refractivity contribution in [3.63, 3.8) is 0 Å². The predicted molar refractivity (Wildman–Crippen MR) is 73.8 cm³/mol. The Morgan fingerprint density at radius 2 is 2.28 bits per heavy atom. The summed E-state index contributed by atoms with van der Waals surface area (Å²) in [7, 11) is 0. The third-order valence-corrected chi connectivity index (χ3v) is 4.31. The van der Waals surface area contributed by atoms with Gasteiger partial charge in [-0.3, -0.25) is 4.57 Å². The van der Waals surface area contributed by atoms with Crippen molar-refractivity contribution in [2.24, 2.45) is 0 Å². The molecule has 0 spiro atoms. The van der Waals surface area contributed by atoms with Gasteiger partial charge in [-0.25, -0.2) is 9.89 Å². The summed E-state index contributed by atoms with van der Waals surface area (Å²) in [6, 6.07) is 5.98. The third-order valence-electron chi connectivity index (χ3n) is 2.76. The number of aromatic amines is 1. The predicted octanol–water partition coefficient (Wildman–Crippen LogP) is 2.40. The summed E-state index contributed by atoms with van der Waals surface area (Å²) in [4.78, 5) is 12.5. The second-order valence-electron chi connectivity index (χ2n) is 4.20. The number of benzene rings is 1. The maximum Gasteiger partial charge on any atom is 0.344 e. The van der Waals surface area contributed by atoms with Crippen molar-refractivity contribution in [3.05, 3.63) is 33.2 Å². The minimum Gasteiger partial charge on any atom is -0.398 e. The van der Waals surface area contributed by atoms with Gasteiger partial charge in [-0.2, -0.15) is 0 Å². The zero-order valence-corrected chi connectivity index (χ0v) is 11.8. The van der Waals surface area contributed by atoms with E-state index in [1.165, 1.54) is 11.8 Å². The molecule has 94 valence electrons. The minimum absolute atomic E-state index is 0.143. The number of aromatic nitrogens is 3. The Balaban J connectivity index is 1.94. The molecule has 2 aromatic rings. The van der Waals surface area contributed by atoms with E-state index in [1.807, 2.05) is 18.2 Å². The molecule has 1 saturated carbocycles. The molecule has 0 atom stereocenters. The molecule has 3 rings (SSSR count). The van der Waals surface area contributed by atoms with Crippen molar-refractivity contribution < 1.29 is 0 Å². The first-order valence-electron chi connectivity index (χ1n) is 5.55. The lowest BCUT2D eigenvalue weighted by molar-refractivity contribution is 0.642. The average molecular weight is 327 g/mol. The number of anilines is 1. The van der Waals surface area contributed by atoms with Gasteiger partial charge in [0.15, 0.2) is 5.16 Å². The van der Waals surface area contributed by atoms with Crippen LogP contribution in [0.4, 0.5) is 5.69 Å². The van der Waals surface area contributed by atoms with Gasteiger partial charge in [0.1, 0.15) is 0 Å². The standard InChI is InChI=1S/C11H11BrN4OS/c12-6-1-4-9(8(13)5-6)18-11-15-14-10(17)16(11)7-2-3-7/h1,4-5,7H,2-3,13H2,(H,14,17). The van der Waals surface area contributed by atoms with Gasteiger partial charge < -0.3 is 5.73 Å². The Labute approximate surface area is 116 Å². The fourth-order valence-corrected chi connectivity index (χ4v) is 3.04. The number of halogens is 1. The molecule has 1 heterocycles. The Kier molecular flexibility index (Phi) is 2.95. The fraction of sp³-hybridized carbons (Fsp3) is 0.273. The van der Waals surface area contributed by atoms with Crippen LogP contribution < -0.4 is 11.4 Å². The van der Waals surface area contributed by atoms with E-state index >= 15 is 0 Å². The number of H-pyrrole nitrogens is 1. The lowest BCUT2D eigenvalue weighted by Crippen LogP contribution is -2.16. The lowest BCUT2D eigenvalue weighted by Gasteiger charge is -2.06. The Morgan fingerprint density at radius 1 is 1.50 bits per heavy atom.